The Morgan fingerprint density at radius 2 is 0.667 bits per heavy atom. The lowest BCUT2D eigenvalue weighted by Crippen LogP contribution is -2.30. The smallest absolute Gasteiger partial charge is 0.306 e. The molecule has 0 radical (unpaired) electrons. The molecule has 6 nitrogen and oxygen atoms in total. The summed E-state index contributed by atoms with van der Waals surface area (Å²) in [6.07, 6.45) is 63.5. The molecule has 0 aromatic rings. The molecule has 0 aliphatic rings. The van der Waals surface area contributed by atoms with Crippen LogP contribution in [0.4, 0.5) is 0 Å². The summed E-state index contributed by atoms with van der Waals surface area (Å²) in [7, 11) is 0. The molecular weight excluding hydrogens is 745 g/mol. The van der Waals surface area contributed by atoms with Crippen molar-refractivity contribution in [3.8, 4) is 0 Å². The molecule has 0 fully saturated rings. The third-order valence-corrected chi connectivity index (χ3v) is 9.68. The maximum Gasteiger partial charge on any atom is 0.306 e. The molecule has 338 valence electrons. The lowest BCUT2D eigenvalue weighted by Gasteiger charge is -2.18. The van der Waals surface area contributed by atoms with E-state index in [9.17, 15) is 14.4 Å². The van der Waals surface area contributed by atoms with E-state index in [1.54, 1.807) is 0 Å². The first kappa shape index (κ1) is 56.1. The summed E-state index contributed by atoms with van der Waals surface area (Å²) in [5, 5.41) is 0. The lowest BCUT2D eigenvalue weighted by molar-refractivity contribution is -0.167. The van der Waals surface area contributed by atoms with Crippen molar-refractivity contribution in [3.05, 3.63) is 109 Å². The van der Waals surface area contributed by atoms with Crippen LogP contribution in [0.2, 0.25) is 0 Å². The zero-order valence-electron chi connectivity index (χ0n) is 38.4. The van der Waals surface area contributed by atoms with Gasteiger partial charge in [0.05, 0.1) is 0 Å². The van der Waals surface area contributed by atoms with Crippen LogP contribution in [0, 0.1) is 0 Å². The third kappa shape index (κ3) is 45.2. The van der Waals surface area contributed by atoms with Crippen LogP contribution >= 0.6 is 0 Å². The van der Waals surface area contributed by atoms with Crippen LogP contribution < -0.4 is 0 Å². The van der Waals surface area contributed by atoms with Gasteiger partial charge in [-0.3, -0.25) is 14.4 Å². The van der Waals surface area contributed by atoms with Gasteiger partial charge in [-0.05, 0) is 83.5 Å². The Balaban J connectivity index is 4.52. The van der Waals surface area contributed by atoms with Gasteiger partial charge in [0.2, 0.25) is 0 Å². The predicted octanol–water partition coefficient (Wildman–Crippen LogP) is 15.6. The number of carbonyl (C=O) groups excluding carboxylic acids is 3. The van der Waals surface area contributed by atoms with Crippen LogP contribution in [0.15, 0.2) is 109 Å². The number of ether oxygens (including phenoxy) is 3. The molecule has 0 saturated carbocycles. The second kappa shape index (κ2) is 47.7. The van der Waals surface area contributed by atoms with E-state index in [-0.39, 0.29) is 31.1 Å². The average molecular weight is 831 g/mol. The zero-order valence-corrected chi connectivity index (χ0v) is 38.4. The molecule has 1 atom stereocenters. The van der Waals surface area contributed by atoms with Gasteiger partial charge in [-0.25, -0.2) is 0 Å². The first-order valence-corrected chi connectivity index (χ1v) is 24.0. The fraction of sp³-hybridized carbons (Fsp3) is 0.611. The fourth-order valence-electron chi connectivity index (χ4n) is 6.10. The first-order chi connectivity index (χ1) is 29.5. The minimum Gasteiger partial charge on any atom is -0.462 e. The summed E-state index contributed by atoms with van der Waals surface area (Å²) in [5.74, 6) is -0.977. The summed E-state index contributed by atoms with van der Waals surface area (Å²) < 4.78 is 16.7. The summed E-state index contributed by atoms with van der Waals surface area (Å²) in [5.41, 5.74) is 0. The lowest BCUT2D eigenvalue weighted by atomic mass is 10.1. The Hall–Kier alpha value is -3.93. The maximum absolute atomic E-state index is 12.8. The molecular formula is C54H86O6. The van der Waals surface area contributed by atoms with Crippen molar-refractivity contribution < 1.29 is 28.6 Å². The van der Waals surface area contributed by atoms with Crippen LogP contribution in [-0.4, -0.2) is 37.2 Å². The summed E-state index contributed by atoms with van der Waals surface area (Å²) in [6.45, 7) is 6.26. The zero-order chi connectivity index (χ0) is 43.7. The summed E-state index contributed by atoms with van der Waals surface area (Å²) in [4.78, 5) is 37.9. The standard InChI is InChI=1S/C54H86O6/c1-4-7-10-13-16-19-22-25-27-29-32-35-38-41-44-47-53(56)59-50-51(49-58-52(55)46-43-40-37-34-31-24-21-18-15-12-9-6-3)60-54(57)48-45-42-39-36-33-30-28-26-23-20-17-14-11-8-5-2/h7-8,10-11,13-14,16-23,25,27,29,32,51H,4-6,9,12,15,24,26,28,30-31,33-50H2,1-3H3/b10-7-,11-8-,16-13-,17-14-,21-18-,22-19-,23-20-,27-25-,32-29-. The highest BCUT2D eigenvalue weighted by atomic mass is 16.6. The minimum atomic E-state index is -0.806. The van der Waals surface area contributed by atoms with E-state index in [0.717, 1.165) is 103 Å². The van der Waals surface area contributed by atoms with Crippen molar-refractivity contribution in [2.45, 2.75) is 200 Å². The largest absolute Gasteiger partial charge is 0.462 e. The highest BCUT2D eigenvalue weighted by Crippen LogP contribution is 2.13. The SMILES string of the molecule is CC\C=C/C=C\C=C/C=C\C=C/CCCCCC(=O)OCC(COC(=O)CCCCCCC/C=C\CCCCC)OC(=O)CCCCCCCCC\C=C/C=C\C=C/CC. The molecule has 6 heteroatoms. The molecule has 0 rings (SSSR count). The van der Waals surface area contributed by atoms with Gasteiger partial charge in [-0.15, -0.1) is 0 Å². The molecule has 0 aliphatic heterocycles. The van der Waals surface area contributed by atoms with E-state index < -0.39 is 6.10 Å². The van der Waals surface area contributed by atoms with Gasteiger partial charge in [0.25, 0.3) is 0 Å². The monoisotopic (exact) mass is 831 g/mol. The normalized spacial score (nSPS) is 13.1. The van der Waals surface area contributed by atoms with E-state index >= 15 is 0 Å². The van der Waals surface area contributed by atoms with Gasteiger partial charge in [0.15, 0.2) is 6.10 Å². The molecule has 0 amide bonds. The maximum atomic E-state index is 12.8. The Morgan fingerprint density at radius 3 is 1.08 bits per heavy atom. The average Bonchev–Trinajstić information content (AvgIpc) is 3.24. The summed E-state index contributed by atoms with van der Waals surface area (Å²) >= 11 is 0. The Morgan fingerprint density at radius 1 is 0.350 bits per heavy atom. The molecule has 0 aromatic carbocycles. The van der Waals surface area contributed by atoms with Gasteiger partial charge < -0.3 is 14.2 Å². The molecule has 0 aliphatic carbocycles. The van der Waals surface area contributed by atoms with E-state index in [0.29, 0.717) is 19.3 Å². The number of rotatable bonds is 41. The van der Waals surface area contributed by atoms with Crippen molar-refractivity contribution in [1.29, 1.82) is 0 Å². The molecule has 0 aromatic heterocycles. The van der Waals surface area contributed by atoms with Crippen molar-refractivity contribution in [1.82, 2.24) is 0 Å². The Bertz CT molecular complexity index is 1280. The van der Waals surface area contributed by atoms with Crippen molar-refractivity contribution in [3.63, 3.8) is 0 Å². The fourth-order valence-corrected chi connectivity index (χ4v) is 6.10. The molecule has 60 heavy (non-hydrogen) atoms. The van der Waals surface area contributed by atoms with Crippen LogP contribution in [0.3, 0.4) is 0 Å². The number of allylic oxidation sites excluding steroid dienone is 18. The van der Waals surface area contributed by atoms with Crippen LogP contribution in [0.1, 0.15) is 194 Å². The minimum absolute atomic E-state index is 0.104. The number of hydrogen-bond acceptors (Lipinski definition) is 6. The van der Waals surface area contributed by atoms with Gasteiger partial charge in [-0.1, -0.05) is 201 Å². The van der Waals surface area contributed by atoms with Crippen LogP contribution in [0.25, 0.3) is 0 Å². The van der Waals surface area contributed by atoms with Crippen LogP contribution in [-0.2, 0) is 28.6 Å². The highest BCUT2D eigenvalue weighted by molar-refractivity contribution is 5.71. The molecule has 0 bridgehead atoms. The van der Waals surface area contributed by atoms with E-state index in [4.69, 9.17) is 14.2 Å². The first-order valence-electron chi connectivity index (χ1n) is 24.0. The molecule has 0 spiro atoms. The predicted molar refractivity (Wildman–Crippen MR) is 256 cm³/mol. The Kier molecular flexibility index (Phi) is 44.6. The van der Waals surface area contributed by atoms with Gasteiger partial charge >= 0.3 is 17.9 Å². The third-order valence-electron chi connectivity index (χ3n) is 9.68. The quantitative estimate of drug-likeness (QED) is 0.0201. The van der Waals surface area contributed by atoms with Crippen molar-refractivity contribution in [2.24, 2.45) is 0 Å². The number of unbranched alkanes of at least 4 members (excludes halogenated alkanes) is 18. The number of carbonyl (C=O) groups is 3. The van der Waals surface area contributed by atoms with Gasteiger partial charge in [0.1, 0.15) is 13.2 Å². The number of esters is 3. The number of hydrogen-bond donors (Lipinski definition) is 0. The second-order valence-corrected chi connectivity index (χ2v) is 15.4. The molecule has 0 heterocycles. The van der Waals surface area contributed by atoms with Gasteiger partial charge in [0, 0.05) is 19.3 Å². The van der Waals surface area contributed by atoms with Crippen LogP contribution in [0.5, 0.6) is 0 Å². The molecule has 0 N–H and O–H groups in total. The summed E-state index contributed by atoms with van der Waals surface area (Å²) in [6, 6.07) is 0. The topological polar surface area (TPSA) is 78.9 Å². The highest BCUT2D eigenvalue weighted by Gasteiger charge is 2.19. The van der Waals surface area contributed by atoms with Crippen molar-refractivity contribution in [2.75, 3.05) is 13.2 Å². The molecule has 1 unspecified atom stereocenters. The molecule has 0 saturated heterocycles. The van der Waals surface area contributed by atoms with Gasteiger partial charge in [-0.2, -0.15) is 0 Å². The Labute approximate surface area is 368 Å². The van der Waals surface area contributed by atoms with E-state index in [1.165, 1.54) is 51.4 Å². The van der Waals surface area contributed by atoms with Crippen molar-refractivity contribution >= 4 is 17.9 Å². The second-order valence-electron chi connectivity index (χ2n) is 15.4. The van der Waals surface area contributed by atoms with E-state index in [2.05, 4.69) is 81.5 Å². The van der Waals surface area contributed by atoms with E-state index in [1.807, 2.05) is 48.6 Å².